The van der Waals surface area contributed by atoms with Crippen molar-refractivity contribution in [1.82, 2.24) is 0 Å². The molecule has 118 valence electrons. The van der Waals surface area contributed by atoms with E-state index in [0.717, 1.165) is 5.56 Å². The van der Waals surface area contributed by atoms with Crippen molar-refractivity contribution >= 4 is 32.1 Å². The van der Waals surface area contributed by atoms with E-state index in [1.54, 1.807) is 20.8 Å². The third-order valence-electron chi connectivity index (χ3n) is 4.08. The molecule has 1 N–H and O–H groups in total. The standard InChI is InChI=1S/C15H18N2O3S2/c1-9(2)15(3,4)14(18)17-13-11(7-16)10-5-6-22(19,20)8-12(10)21-13/h1,5-6,8H2,2-4H3,(H,17,18). The second kappa shape index (κ2) is 5.52. The van der Waals surface area contributed by atoms with Gasteiger partial charge in [-0.15, -0.1) is 11.3 Å². The number of nitriles is 1. The van der Waals surface area contributed by atoms with Gasteiger partial charge >= 0.3 is 0 Å². The van der Waals surface area contributed by atoms with E-state index in [2.05, 4.69) is 18.0 Å². The van der Waals surface area contributed by atoms with Crippen LogP contribution >= 0.6 is 11.3 Å². The van der Waals surface area contributed by atoms with Crippen molar-refractivity contribution in [2.75, 3.05) is 11.1 Å². The zero-order chi connectivity index (χ0) is 16.7. The third-order valence-corrected chi connectivity index (χ3v) is 6.96. The molecule has 0 spiro atoms. The van der Waals surface area contributed by atoms with Gasteiger partial charge in [-0.1, -0.05) is 12.2 Å². The predicted octanol–water partition coefficient (Wildman–Crippen LogP) is 2.63. The van der Waals surface area contributed by atoms with Gasteiger partial charge < -0.3 is 5.32 Å². The van der Waals surface area contributed by atoms with Gasteiger partial charge in [-0.2, -0.15) is 5.26 Å². The number of rotatable bonds is 3. The molecule has 0 atom stereocenters. The van der Waals surface area contributed by atoms with Crippen LogP contribution < -0.4 is 5.32 Å². The van der Waals surface area contributed by atoms with Crippen LogP contribution in [0.4, 0.5) is 5.00 Å². The Labute approximate surface area is 134 Å². The molecule has 1 aromatic heterocycles. The highest BCUT2D eigenvalue weighted by Crippen LogP contribution is 2.38. The SMILES string of the molecule is C=C(C)C(C)(C)C(=O)Nc1sc2c(c1C#N)CCS(=O)(=O)C2. The fraction of sp³-hybridized carbons (Fsp3) is 0.467. The lowest BCUT2D eigenvalue weighted by molar-refractivity contribution is -0.122. The molecule has 1 aliphatic rings. The molecule has 2 heterocycles. The first kappa shape index (κ1) is 16.7. The first-order valence-corrected chi connectivity index (χ1v) is 9.45. The Morgan fingerprint density at radius 3 is 2.64 bits per heavy atom. The molecule has 0 aromatic carbocycles. The van der Waals surface area contributed by atoms with E-state index in [1.807, 2.05) is 0 Å². The van der Waals surface area contributed by atoms with Crippen LogP contribution in [-0.4, -0.2) is 20.1 Å². The molecule has 0 fully saturated rings. The van der Waals surface area contributed by atoms with E-state index in [9.17, 15) is 18.5 Å². The number of nitrogens with zero attached hydrogens (tertiary/aromatic N) is 1. The van der Waals surface area contributed by atoms with Crippen molar-refractivity contribution in [3.05, 3.63) is 28.2 Å². The minimum atomic E-state index is -3.10. The first-order valence-electron chi connectivity index (χ1n) is 6.81. The molecule has 7 heteroatoms. The molecule has 1 amide bonds. The average Bonchev–Trinajstić information content (AvgIpc) is 2.72. The maximum Gasteiger partial charge on any atom is 0.234 e. The number of sulfone groups is 1. The van der Waals surface area contributed by atoms with E-state index in [-0.39, 0.29) is 17.4 Å². The Kier molecular flexibility index (Phi) is 4.20. The summed E-state index contributed by atoms with van der Waals surface area (Å²) >= 11 is 1.18. The Hall–Kier alpha value is -1.65. The maximum absolute atomic E-state index is 12.4. The van der Waals surface area contributed by atoms with Gasteiger partial charge in [-0.25, -0.2) is 8.42 Å². The van der Waals surface area contributed by atoms with Crippen molar-refractivity contribution in [3.63, 3.8) is 0 Å². The Balaban J connectivity index is 2.38. The molecule has 0 bridgehead atoms. The zero-order valence-electron chi connectivity index (χ0n) is 12.8. The van der Waals surface area contributed by atoms with Gasteiger partial charge in [0, 0.05) is 4.88 Å². The summed E-state index contributed by atoms with van der Waals surface area (Å²) in [5, 5.41) is 12.6. The zero-order valence-corrected chi connectivity index (χ0v) is 14.4. The van der Waals surface area contributed by atoms with Crippen LogP contribution in [-0.2, 0) is 26.8 Å². The van der Waals surface area contributed by atoms with Crippen LogP contribution in [0.15, 0.2) is 12.2 Å². The first-order chi connectivity index (χ1) is 10.1. The van der Waals surface area contributed by atoms with E-state index < -0.39 is 15.3 Å². The lowest BCUT2D eigenvalue weighted by Crippen LogP contribution is -2.31. The molecule has 0 saturated carbocycles. The van der Waals surface area contributed by atoms with E-state index >= 15 is 0 Å². The molecular formula is C15H18N2O3S2. The van der Waals surface area contributed by atoms with E-state index in [4.69, 9.17) is 0 Å². The Morgan fingerprint density at radius 2 is 2.09 bits per heavy atom. The third kappa shape index (κ3) is 2.94. The summed E-state index contributed by atoms with van der Waals surface area (Å²) in [7, 11) is -3.10. The van der Waals surface area contributed by atoms with Crippen molar-refractivity contribution in [2.24, 2.45) is 5.41 Å². The molecule has 1 aromatic rings. The number of carbonyl (C=O) groups excluding carboxylic acids is 1. The topological polar surface area (TPSA) is 87.0 Å². The maximum atomic E-state index is 12.4. The van der Waals surface area contributed by atoms with Gasteiger partial charge in [-0.3, -0.25) is 4.79 Å². The van der Waals surface area contributed by atoms with Gasteiger partial charge in [0.15, 0.2) is 9.84 Å². The molecule has 2 rings (SSSR count). The smallest absolute Gasteiger partial charge is 0.234 e. The number of hydrogen-bond donors (Lipinski definition) is 1. The molecule has 0 unspecified atom stereocenters. The van der Waals surface area contributed by atoms with Gasteiger partial charge in [0.2, 0.25) is 5.91 Å². The number of anilines is 1. The highest BCUT2D eigenvalue weighted by atomic mass is 32.2. The second-order valence-electron chi connectivity index (χ2n) is 6.02. The quantitative estimate of drug-likeness (QED) is 0.858. The normalized spacial score (nSPS) is 16.5. The van der Waals surface area contributed by atoms with Crippen LogP contribution in [0.2, 0.25) is 0 Å². The summed E-state index contributed by atoms with van der Waals surface area (Å²) in [6, 6.07) is 2.10. The van der Waals surface area contributed by atoms with Crippen molar-refractivity contribution in [2.45, 2.75) is 32.9 Å². The number of fused-ring (bicyclic) bond motifs is 1. The summed E-state index contributed by atoms with van der Waals surface area (Å²) in [5.74, 6) is -0.254. The minimum absolute atomic E-state index is 0.0516. The largest absolute Gasteiger partial charge is 0.316 e. The van der Waals surface area contributed by atoms with Crippen LogP contribution in [0, 0.1) is 16.7 Å². The van der Waals surface area contributed by atoms with Gasteiger partial charge in [0.05, 0.1) is 22.5 Å². The lowest BCUT2D eigenvalue weighted by atomic mass is 9.85. The summed E-state index contributed by atoms with van der Waals surface area (Å²) in [4.78, 5) is 13.0. The summed E-state index contributed by atoms with van der Waals surface area (Å²) in [6.45, 7) is 9.11. The number of amides is 1. The van der Waals surface area contributed by atoms with Crippen LogP contribution in [0.3, 0.4) is 0 Å². The molecule has 5 nitrogen and oxygen atoms in total. The van der Waals surface area contributed by atoms with Gasteiger partial charge in [0.1, 0.15) is 11.1 Å². The lowest BCUT2D eigenvalue weighted by Gasteiger charge is -2.23. The highest BCUT2D eigenvalue weighted by Gasteiger charge is 2.32. The summed E-state index contributed by atoms with van der Waals surface area (Å²) < 4.78 is 23.4. The monoisotopic (exact) mass is 338 g/mol. The summed E-state index contributed by atoms with van der Waals surface area (Å²) in [6.07, 6.45) is 0.330. The Bertz CT molecular complexity index is 795. The molecule has 0 aliphatic carbocycles. The van der Waals surface area contributed by atoms with E-state index in [1.165, 1.54) is 11.3 Å². The minimum Gasteiger partial charge on any atom is -0.316 e. The molecular weight excluding hydrogens is 320 g/mol. The molecule has 0 saturated heterocycles. The van der Waals surface area contributed by atoms with Crippen molar-refractivity contribution in [3.8, 4) is 6.07 Å². The fourth-order valence-electron chi connectivity index (χ4n) is 2.08. The highest BCUT2D eigenvalue weighted by molar-refractivity contribution is 7.90. The predicted molar refractivity (Wildman–Crippen MR) is 87.5 cm³/mol. The van der Waals surface area contributed by atoms with Gasteiger partial charge in [0.25, 0.3) is 0 Å². The number of hydrogen-bond acceptors (Lipinski definition) is 5. The molecule has 1 aliphatic heterocycles. The number of thiophene rings is 1. The molecule has 0 radical (unpaired) electrons. The summed E-state index contributed by atoms with van der Waals surface area (Å²) in [5.41, 5.74) is 1.10. The van der Waals surface area contributed by atoms with Crippen molar-refractivity contribution in [1.29, 1.82) is 5.26 Å². The number of carbonyl (C=O) groups is 1. The molecule has 22 heavy (non-hydrogen) atoms. The van der Waals surface area contributed by atoms with Crippen LogP contribution in [0.25, 0.3) is 0 Å². The second-order valence-corrected chi connectivity index (χ2v) is 9.31. The number of nitrogens with one attached hydrogen (secondary N) is 1. The van der Waals surface area contributed by atoms with E-state index in [0.29, 0.717) is 27.4 Å². The van der Waals surface area contributed by atoms with Crippen molar-refractivity contribution < 1.29 is 13.2 Å². The Morgan fingerprint density at radius 1 is 1.45 bits per heavy atom. The van der Waals surface area contributed by atoms with Gasteiger partial charge in [-0.05, 0) is 32.8 Å². The van der Waals surface area contributed by atoms with Crippen LogP contribution in [0.1, 0.15) is 36.8 Å². The van der Waals surface area contributed by atoms with Crippen LogP contribution in [0.5, 0.6) is 0 Å². The average molecular weight is 338 g/mol. The fourth-order valence-corrected chi connectivity index (χ4v) is 5.08.